The second-order valence-electron chi connectivity index (χ2n) is 4.71. The predicted octanol–water partition coefficient (Wildman–Crippen LogP) is 3.20. The third kappa shape index (κ3) is 2.08. The Bertz CT molecular complexity index is 843. The molecule has 21 heavy (non-hydrogen) atoms. The quantitative estimate of drug-likeness (QED) is 0.788. The normalized spacial score (nSPS) is 11.0. The van der Waals surface area contributed by atoms with E-state index < -0.39 is 11.6 Å². The number of nitrogens with two attached hydrogens (primary N) is 1. The molecule has 0 unspecified atom stereocenters. The first kappa shape index (κ1) is 13.4. The fourth-order valence-corrected chi connectivity index (χ4v) is 2.26. The zero-order valence-electron chi connectivity index (χ0n) is 11.5. The van der Waals surface area contributed by atoms with Crippen LogP contribution < -0.4 is 10.5 Å². The molecule has 0 radical (unpaired) electrons. The van der Waals surface area contributed by atoms with E-state index in [9.17, 15) is 8.78 Å². The number of anilines is 1. The number of nitrogens with zero attached hydrogens (tertiary/aromatic N) is 2. The minimum atomic E-state index is -0.567. The zero-order valence-corrected chi connectivity index (χ0v) is 11.5. The highest BCUT2D eigenvalue weighted by Crippen LogP contribution is 2.28. The maximum atomic E-state index is 14.2. The molecule has 0 bridgehead atoms. The highest BCUT2D eigenvalue weighted by Gasteiger charge is 2.16. The molecule has 1 heterocycles. The fourth-order valence-electron chi connectivity index (χ4n) is 2.26. The van der Waals surface area contributed by atoms with Crippen molar-refractivity contribution in [3.05, 3.63) is 47.5 Å². The number of aromatic nitrogens is 2. The van der Waals surface area contributed by atoms with E-state index in [2.05, 4.69) is 4.98 Å². The molecule has 0 atom stereocenters. The number of rotatable bonds is 2. The number of hydrogen-bond donors (Lipinski definition) is 1. The number of imidazole rings is 1. The lowest BCUT2D eigenvalue weighted by molar-refractivity contribution is 0.415. The minimum absolute atomic E-state index is 0.0198. The predicted molar refractivity (Wildman–Crippen MR) is 76.7 cm³/mol. The Morgan fingerprint density at radius 3 is 2.62 bits per heavy atom. The first-order valence-electron chi connectivity index (χ1n) is 6.29. The van der Waals surface area contributed by atoms with Crippen LogP contribution in [0.25, 0.3) is 16.7 Å². The number of ether oxygens (including phenoxy) is 1. The van der Waals surface area contributed by atoms with Gasteiger partial charge in [-0.05, 0) is 30.7 Å². The molecule has 2 aromatic carbocycles. The van der Waals surface area contributed by atoms with Gasteiger partial charge < -0.3 is 10.5 Å². The molecule has 4 nitrogen and oxygen atoms in total. The second-order valence-corrected chi connectivity index (χ2v) is 4.71. The number of benzene rings is 2. The highest BCUT2D eigenvalue weighted by atomic mass is 19.1. The Morgan fingerprint density at radius 1 is 1.14 bits per heavy atom. The molecule has 1 aromatic heterocycles. The van der Waals surface area contributed by atoms with Crippen molar-refractivity contribution in [3.8, 4) is 11.4 Å². The molecule has 0 saturated carbocycles. The van der Waals surface area contributed by atoms with E-state index in [-0.39, 0.29) is 17.2 Å². The van der Waals surface area contributed by atoms with Crippen LogP contribution in [-0.4, -0.2) is 16.7 Å². The molecule has 6 heteroatoms. The molecular formula is C15H13F2N3O. The number of aryl methyl sites for hydroxylation is 1. The van der Waals surface area contributed by atoms with Crippen LogP contribution >= 0.6 is 0 Å². The van der Waals surface area contributed by atoms with E-state index in [1.807, 2.05) is 0 Å². The first-order valence-corrected chi connectivity index (χ1v) is 6.29. The van der Waals surface area contributed by atoms with Crippen molar-refractivity contribution in [2.24, 2.45) is 0 Å². The monoisotopic (exact) mass is 289 g/mol. The van der Waals surface area contributed by atoms with Crippen molar-refractivity contribution in [2.45, 2.75) is 6.92 Å². The van der Waals surface area contributed by atoms with Gasteiger partial charge in [-0.3, -0.25) is 4.57 Å². The van der Waals surface area contributed by atoms with Crippen LogP contribution in [0.15, 0.2) is 30.3 Å². The van der Waals surface area contributed by atoms with Crippen LogP contribution in [0, 0.1) is 18.6 Å². The lowest BCUT2D eigenvalue weighted by Crippen LogP contribution is -2.04. The van der Waals surface area contributed by atoms with Crippen molar-refractivity contribution in [3.63, 3.8) is 0 Å². The van der Waals surface area contributed by atoms with Gasteiger partial charge in [-0.1, -0.05) is 0 Å². The molecular weight excluding hydrogens is 276 g/mol. The third-order valence-electron chi connectivity index (χ3n) is 3.36. The van der Waals surface area contributed by atoms with E-state index in [1.165, 1.54) is 18.6 Å². The molecule has 0 saturated heterocycles. The molecule has 0 fully saturated rings. The molecule has 3 rings (SSSR count). The number of methoxy groups -OCH3 is 1. The van der Waals surface area contributed by atoms with Gasteiger partial charge in [-0.2, -0.15) is 0 Å². The SMILES string of the molecule is COc1ccc2nc(N)n(-c3cc(F)c(C)cc3F)c2c1. The maximum Gasteiger partial charge on any atom is 0.206 e. The summed E-state index contributed by atoms with van der Waals surface area (Å²) in [5.74, 6) is -0.407. The Labute approximate surface area is 119 Å². The van der Waals surface area contributed by atoms with Gasteiger partial charge in [0.25, 0.3) is 0 Å². The van der Waals surface area contributed by atoms with Crippen LogP contribution in [0.2, 0.25) is 0 Å². The molecule has 3 aromatic rings. The van der Waals surface area contributed by atoms with E-state index >= 15 is 0 Å². The number of hydrogen-bond acceptors (Lipinski definition) is 3. The molecule has 2 N–H and O–H groups in total. The Balaban J connectivity index is 2.34. The van der Waals surface area contributed by atoms with Crippen molar-refractivity contribution in [2.75, 3.05) is 12.8 Å². The summed E-state index contributed by atoms with van der Waals surface area (Å²) in [5, 5.41) is 0. The molecule has 0 amide bonds. The number of nitrogen functional groups attached to an aromatic ring is 1. The lowest BCUT2D eigenvalue weighted by Gasteiger charge is -2.10. The summed E-state index contributed by atoms with van der Waals surface area (Å²) in [4.78, 5) is 4.15. The van der Waals surface area contributed by atoms with Gasteiger partial charge in [0.2, 0.25) is 5.95 Å². The van der Waals surface area contributed by atoms with E-state index in [0.29, 0.717) is 16.8 Å². The smallest absolute Gasteiger partial charge is 0.206 e. The Hall–Kier alpha value is -2.63. The summed E-state index contributed by atoms with van der Waals surface area (Å²) in [6, 6.07) is 7.36. The van der Waals surface area contributed by atoms with Gasteiger partial charge in [0, 0.05) is 12.1 Å². The summed E-state index contributed by atoms with van der Waals surface area (Å²) in [6.45, 7) is 1.50. The zero-order chi connectivity index (χ0) is 15.1. The maximum absolute atomic E-state index is 14.2. The Kier molecular flexibility index (Phi) is 3.01. The molecule has 0 aliphatic heterocycles. The van der Waals surface area contributed by atoms with Gasteiger partial charge in [-0.25, -0.2) is 13.8 Å². The summed E-state index contributed by atoms with van der Waals surface area (Å²) in [5.41, 5.74) is 7.24. The van der Waals surface area contributed by atoms with Crippen LogP contribution in [0.4, 0.5) is 14.7 Å². The average Bonchev–Trinajstić information content (AvgIpc) is 2.78. The van der Waals surface area contributed by atoms with Crippen LogP contribution in [0.3, 0.4) is 0 Å². The van der Waals surface area contributed by atoms with Gasteiger partial charge in [0.15, 0.2) is 0 Å². The Morgan fingerprint density at radius 2 is 1.90 bits per heavy atom. The van der Waals surface area contributed by atoms with Gasteiger partial charge >= 0.3 is 0 Å². The van der Waals surface area contributed by atoms with Crippen LogP contribution in [-0.2, 0) is 0 Å². The van der Waals surface area contributed by atoms with Crippen molar-refractivity contribution < 1.29 is 13.5 Å². The summed E-state index contributed by atoms with van der Waals surface area (Å²) in [7, 11) is 1.53. The first-order chi connectivity index (χ1) is 10.0. The van der Waals surface area contributed by atoms with Gasteiger partial charge in [0.05, 0.1) is 23.8 Å². The number of halogens is 2. The molecule has 108 valence electrons. The van der Waals surface area contributed by atoms with Crippen molar-refractivity contribution in [1.29, 1.82) is 0 Å². The third-order valence-corrected chi connectivity index (χ3v) is 3.36. The number of fused-ring (bicyclic) bond motifs is 1. The summed E-state index contributed by atoms with van der Waals surface area (Å²) >= 11 is 0. The van der Waals surface area contributed by atoms with E-state index in [1.54, 1.807) is 18.2 Å². The van der Waals surface area contributed by atoms with Gasteiger partial charge in [0.1, 0.15) is 17.4 Å². The van der Waals surface area contributed by atoms with Crippen molar-refractivity contribution >= 4 is 17.0 Å². The summed E-state index contributed by atoms with van der Waals surface area (Å²) < 4.78 is 34.5. The van der Waals surface area contributed by atoms with Crippen LogP contribution in [0.1, 0.15) is 5.56 Å². The fraction of sp³-hybridized carbons (Fsp3) is 0.133. The largest absolute Gasteiger partial charge is 0.497 e. The average molecular weight is 289 g/mol. The highest BCUT2D eigenvalue weighted by molar-refractivity contribution is 5.82. The minimum Gasteiger partial charge on any atom is -0.497 e. The van der Waals surface area contributed by atoms with Gasteiger partial charge in [-0.15, -0.1) is 0 Å². The molecule has 0 aliphatic carbocycles. The van der Waals surface area contributed by atoms with Crippen molar-refractivity contribution in [1.82, 2.24) is 9.55 Å². The van der Waals surface area contributed by atoms with E-state index in [0.717, 1.165) is 12.1 Å². The lowest BCUT2D eigenvalue weighted by atomic mass is 10.2. The second kappa shape index (κ2) is 4.73. The topological polar surface area (TPSA) is 53.1 Å². The molecule has 0 aliphatic rings. The summed E-state index contributed by atoms with van der Waals surface area (Å²) in [6.07, 6.45) is 0. The molecule has 0 spiro atoms. The van der Waals surface area contributed by atoms with Crippen LogP contribution in [0.5, 0.6) is 5.75 Å². The van der Waals surface area contributed by atoms with E-state index in [4.69, 9.17) is 10.5 Å². The standard InChI is InChI=1S/C15H13F2N3O/c1-8-5-11(17)13(7-10(8)16)20-14-6-9(21-2)3-4-12(14)19-15(20)18/h3-7H,1-2H3,(H2,18,19).